The maximum Gasteiger partial charge on any atom is 0.221 e. The first kappa shape index (κ1) is 21.9. The van der Waals surface area contributed by atoms with Crippen molar-refractivity contribution in [2.24, 2.45) is 0 Å². The Hall–Kier alpha value is -1.10. The van der Waals surface area contributed by atoms with Crippen LogP contribution in [0.3, 0.4) is 0 Å². The van der Waals surface area contributed by atoms with Crippen LogP contribution in [0.2, 0.25) is 0 Å². The molecule has 0 aliphatic rings. The lowest BCUT2D eigenvalue weighted by atomic mass is 10.1. The van der Waals surface area contributed by atoms with Crippen molar-refractivity contribution >= 4 is 11.8 Å². The van der Waals surface area contributed by atoms with E-state index < -0.39 is 0 Å². The first-order valence-electron chi connectivity index (χ1n) is 9.13. The zero-order chi connectivity index (χ0) is 17.6. The minimum Gasteiger partial charge on any atom is -0.356 e. The molecule has 0 unspecified atom stereocenters. The largest absolute Gasteiger partial charge is 0.356 e. The molecule has 136 valence electrons. The molecule has 0 atom stereocenters. The smallest absolute Gasteiger partial charge is 0.221 e. The molecule has 0 spiro atoms. The standard InChI is InChI=1S/C18H37N3O2/c1-5-6-11-16(22)19-13-9-7-8-10-14-20-17(23)12-15-21-18(2,3)4/h21H,5-15H2,1-4H3,(H,19,22)(H,20,23). The SMILES string of the molecule is CCCCC(=O)NCCCCCCNC(=O)CCNC(C)(C)C. The Morgan fingerprint density at radius 3 is 1.74 bits per heavy atom. The van der Waals surface area contributed by atoms with E-state index in [1.807, 2.05) is 0 Å². The van der Waals surface area contributed by atoms with Gasteiger partial charge in [0.05, 0.1) is 0 Å². The van der Waals surface area contributed by atoms with Gasteiger partial charge in [0.25, 0.3) is 0 Å². The van der Waals surface area contributed by atoms with Crippen molar-refractivity contribution < 1.29 is 9.59 Å². The number of rotatable bonds is 13. The average molecular weight is 328 g/mol. The van der Waals surface area contributed by atoms with Gasteiger partial charge in [-0.15, -0.1) is 0 Å². The van der Waals surface area contributed by atoms with Crippen LogP contribution in [0.5, 0.6) is 0 Å². The van der Waals surface area contributed by atoms with Crippen molar-refractivity contribution in [1.82, 2.24) is 16.0 Å². The van der Waals surface area contributed by atoms with Crippen LogP contribution in [0.4, 0.5) is 0 Å². The van der Waals surface area contributed by atoms with E-state index in [0.29, 0.717) is 19.4 Å². The van der Waals surface area contributed by atoms with Crippen LogP contribution in [0.1, 0.15) is 79.1 Å². The Labute approximate surface area is 142 Å². The lowest BCUT2D eigenvalue weighted by molar-refractivity contribution is -0.122. The second kappa shape index (κ2) is 13.3. The van der Waals surface area contributed by atoms with Crippen molar-refractivity contribution in [3.63, 3.8) is 0 Å². The molecule has 5 nitrogen and oxygen atoms in total. The molecule has 0 aliphatic heterocycles. The van der Waals surface area contributed by atoms with E-state index in [1.54, 1.807) is 0 Å². The number of hydrogen-bond donors (Lipinski definition) is 3. The normalized spacial score (nSPS) is 11.3. The lowest BCUT2D eigenvalue weighted by Gasteiger charge is -2.20. The number of amides is 2. The van der Waals surface area contributed by atoms with Crippen molar-refractivity contribution in [3.8, 4) is 0 Å². The monoisotopic (exact) mass is 327 g/mol. The van der Waals surface area contributed by atoms with Crippen LogP contribution < -0.4 is 16.0 Å². The fourth-order valence-corrected chi connectivity index (χ4v) is 2.12. The van der Waals surface area contributed by atoms with E-state index in [4.69, 9.17) is 0 Å². The van der Waals surface area contributed by atoms with Crippen molar-refractivity contribution in [1.29, 1.82) is 0 Å². The average Bonchev–Trinajstić information content (AvgIpc) is 2.46. The molecule has 0 saturated carbocycles. The summed E-state index contributed by atoms with van der Waals surface area (Å²) in [4.78, 5) is 23.0. The van der Waals surface area contributed by atoms with E-state index in [-0.39, 0.29) is 17.4 Å². The van der Waals surface area contributed by atoms with Gasteiger partial charge in [-0.2, -0.15) is 0 Å². The number of unbranched alkanes of at least 4 members (excludes halogenated alkanes) is 4. The second-order valence-corrected chi connectivity index (χ2v) is 7.14. The van der Waals surface area contributed by atoms with Gasteiger partial charge < -0.3 is 16.0 Å². The molecule has 0 aromatic heterocycles. The van der Waals surface area contributed by atoms with Gasteiger partial charge in [0.2, 0.25) is 11.8 Å². The Kier molecular flexibility index (Phi) is 12.7. The van der Waals surface area contributed by atoms with Gasteiger partial charge in [-0.05, 0) is 40.0 Å². The number of carbonyl (C=O) groups excluding carboxylic acids is 2. The van der Waals surface area contributed by atoms with Crippen LogP contribution >= 0.6 is 0 Å². The van der Waals surface area contributed by atoms with Gasteiger partial charge in [0.1, 0.15) is 0 Å². The molecule has 3 N–H and O–H groups in total. The summed E-state index contributed by atoms with van der Waals surface area (Å²) in [6.45, 7) is 10.6. The second-order valence-electron chi connectivity index (χ2n) is 7.14. The molecule has 0 aromatic rings. The molecule has 0 radical (unpaired) electrons. The lowest BCUT2D eigenvalue weighted by Crippen LogP contribution is -2.38. The molecule has 0 aliphatic carbocycles. The molecule has 23 heavy (non-hydrogen) atoms. The Balaban J connectivity index is 3.32. The predicted octanol–water partition coefficient (Wildman–Crippen LogP) is 2.75. The molecule has 0 bridgehead atoms. The van der Waals surface area contributed by atoms with Gasteiger partial charge in [-0.1, -0.05) is 26.2 Å². The van der Waals surface area contributed by atoms with E-state index in [1.165, 1.54) is 0 Å². The molecule has 0 saturated heterocycles. The summed E-state index contributed by atoms with van der Waals surface area (Å²) >= 11 is 0. The van der Waals surface area contributed by atoms with Crippen molar-refractivity contribution in [2.75, 3.05) is 19.6 Å². The van der Waals surface area contributed by atoms with Crippen molar-refractivity contribution in [3.05, 3.63) is 0 Å². The molecule has 0 rings (SSSR count). The van der Waals surface area contributed by atoms with E-state index in [9.17, 15) is 9.59 Å². The highest BCUT2D eigenvalue weighted by molar-refractivity contribution is 5.76. The third-order valence-electron chi connectivity index (χ3n) is 3.51. The fourth-order valence-electron chi connectivity index (χ4n) is 2.12. The van der Waals surface area contributed by atoms with Gasteiger partial charge in [0.15, 0.2) is 0 Å². The van der Waals surface area contributed by atoms with Gasteiger partial charge in [0, 0.05) is 38.0 Å². The highest BCUT2D eigenvalue weighted by Gasteiger charge is 2.09. The fraction of sp³-hybridized carbons (Fsp3) is 0.889. The van der Waals surface area contributed by atoms with Crippen LogP contribution in [0, 0.1) is 0 Å². The van der Waals surface area contributed by atoms with Gasteiger partial charge in [-0.3, -0.25) is 9.59 Å². The molecule has 0 heterocycles. The Bertz CT molecular complexity index is 325. The van der Waals surface area contributed by atoms with Crippen LogP contribution in [0.15, 0.2) is 0 Å². The highest BCUT2D eigenvalue weighted by Crippen LogP contribution is 2.00. The third-order valence-corrected chi connectivity index (χ3v) is 3.51. The first-order chi connectivity index (χ1) is 10.8. The summed E-state index contributed by atoms with van der Waals surface area (Å²) in [7, 11) is 0. The number of hydrogen-bond acceptors (Lipinski definition) is 3. The van der Waals surface area contributed by atoms with Crippen LogP contribution in [-0.4, -0.2) is 37.0 Å². The maximum atomic E-state index is 11.6. The predicted molar refractivity (Wildman–Crippen MR) is 96.4 cm³/mol. The van der Waals surface area contributed by atoms with E-state index in [2.05, 4.69) is 43.6 Å². The minimum absolute atomic E-state index is 0.0617. The quantitative estimate of drug-likeness (QED) is 0.456. The number of carbonyl (C=O) groups is 2. The molecular weight excluding hydrogens is 290 g/mol. The Morgan fingerprint density at radius 1 is 0.739 bits per heavy atom. The third kappa shape index (κ3) is 17.1. The van der Waals surface area contributed by atoms with Gasteiger partial charge in [-0.25, -0.2) is 0 Å². The molecular formula is C18H37N3O2. The Morgan fingerprint density at radius 2 is 1.26 bits per heavy atom. The summed E-state index contributed by atoms with van der Waals surface area (Å²) in [6.07, 6.45) is 7.40. The molecule has 0 aromatic carbocycles. The van der Waals surface area contributed by atoms with Gasteiger partial charge >= 0.3 is 0 Å². The summed E-state index contributed by atoms with van der Waals surface area (Å²) < 4.78 is 0. The van der Waals surface area contributed by atoms with Crippen LogP contribution in [0.25, 0.3) is 0 Å². The first-order valence-corrected chi connectivity index (χ1v) is 9.13. The summed E-state index contributed by atoms with van der Waals surface area (Å²) in [6, 6.07) is 0. The zero-order valence-corrected chi connectivity index (χ0v) is 15.6. The maximum absolute atomic E-state index is 11.6. The summed E-state index contributed by atoms with van der Waals surface area (Å²) in [5, 5.41) is 9.20. The van der Waals surface area contributed by atoms with Crippen molar-refractivity contribution in [2.45, 2.75) is 84.6 Å². The molecule has 0 fully saturated rings. The topological polar surface area (TPSA) is 70.2 Å². The van der Waals surface area contributed by atoms with Crippen LogP contribution in [-0.2, 0) is 9.59 Å². The molecule has 2 amide bonds. The number of nitrogens with one attached hydrogen (secondary N) is 3. The zero-order valence-electron chi connectivity index (χ0n) is 15.6. The molecule has 5 heteroatoms. The minimum atomic E-state index is 0.0617. The highest BCUT2D eigenvalue weighted by atomic mass is 16.2. The summed E-state index contributed by atoms with van der Waals surface area (Å²) in [5.74, 6) is 0.285. The van der Waals surface area contributed by atoms with E-state index >= 15 is 0 Å². The summed E-state index contributed by atoms with van der Waals surface area (Å²) in [5.41, 5.74) is 0.0617. The van der Waals surface area contributed by atoms with E-state index in [0.717, 1.165) is 51.6 Å².